The summed E-state index contributed by atoms with van der Waals surface area (Å²) in [5.74, 6) is -0.0909. The van der Waals surface area contributed by atoms with E-state index in [-0.39, 0.29) is 5.91 Å². The molecule has 4 heteroatoms. The van der Waals surface area contributed by atoms with E-state index in [0.717, 1.165) is 24.1 Å². The van der Waals surface area contributed by atoms with E-state index in [1.807, 2.05) is 6.92 Å². The lowest BCUT2D eigenvalue weighted by Gasteiger charge is -2.11. The second-order valence-electron chi connectivity index (χ2n) is 3.80. The van der Waals surface area contributed by atoms with Gasteiger partial charge in [-0.15, -0.1) is 0 Å². The Morgan fingerprint density at radius 3 is 2.93 bits per heavy atom. The number of nitrogens with two attached hydrogens (primary N) is 1. The molecule has 0 aromatic carbocycles. The van der Waals surface area contributed by atoms with Gasteiger partial charge >= 0.3 is 0 Å². The van der Waals surface area contributed by atoms with E-state index in [1.165, 1.54) is 0 Å². The molecule has 0 aliphatic heterocycles. The Labute approximate surface area is 82.5 Å². The van der Waals surface area contributed by atoms with E-state index >= 15 is 0 Å². The van der Waals surface area contributed by atoms with Crippen LogP contribution in [-0.4, -0.2) is 16.4 Å². The second-order valence-corrected chi connectivity index (χ2v) is 3.80. The first-order chi connectivity index (χ1) is 6.62. The standard InChI is InChI=1S/C10H13N3O/c1-7-6-12-5-2-8(7)13-9(14)10(11)3-4-10/h2,5-6H,3-4,11H2,1H3,(H,12,13,14). The van der Waals surface area contributed by atoms with Crippen molar-refractivity contribution in [3.63, 3.8) is 0 Å². The van der Waals surface area contributed by atoms with Crippen LogP contribution in [0.25, 0.3) is 0 Å². The quantitative estimate of drug-likeness (QED) is 0.727. The lowest BCUT2D eigenvalue weighted by atomic mass is 10.2. The highest BCUT2D eigenvalue weighted by molar-refractivity contribution is 6.00. The van der Waals surface area contributed by atoms with Crippen LogP contribution in [0.3, 0.4) is 0 Å². The molecule has 1 aromatic rings. The van der Waals surface area contributed by atoms with E-state index in [0.29, 0.717) is 0 Å². The molecule has 74 valence electrons. The molecule has 1 aliphatic carbocycles. The van der Waals surface area contributed by atoms with Crippen molar-refractivity contribution >= 4 is 11.6 Å². The summed E-state index contributed by atoms with van der Waals surface area (Å²) in [4.78, 5) is 15.5. The van der Waals surface area contributed by atoms with Crippen LogP contribution in [0.4, 0.5) is 5.69 Å². The second kappa shape index (κ2) is 3.06. The number of nitrogens with one attached hydrogen (secondary N) is 1. The van der Waals surface area contributed by atoms with Crippen molar-refractivity contribution in [3.8, 4) is 0 Å². The van der Waals surface area contributed by atoms with Crippen LogP contribution in [0.5, 0.6) is 0 Å². The Morgan fingerprint density at radius 1 is 1.64 bits per heavy atom. The third-order valence-electron chi connectivity index (χ3n) is 2.51. The molecule has 1 aromatic heterocycles. The minimum atomic E-state index is -0.615. The highest BCUT2D eigenvalue weighted by Crippen LogP contribution is 2.33. The molecule has 1 aliphatic rings. The van der Waals surface area contributed by atoms with Crippen LogP contribution in [0.2, 0.25) is 0 Å². The number of hydrogen-bond donors (Lipinski definition) is 2. The third kappa shape index (κ3) is 1.61. The molecule has 0 radical (unpaired) electrons. The van der Waals surface area contributed by atoms with E-state index in [2.05, 4.69) is 10.3 Å². The van der Waals surface area contributed by atoms with Crippen LogP contribution in [0, 0.1) is 6.92 Å². The van der Waals surface area contributed by atoms with Crippen molar-refractivity contribution in [3.05, 3.63) is 24.0 Å². The Bertz CT molecular complexity index is 371. The van der Waals surface area contributed by atoms with Gasteiger partial charge < -0.3 is 11.1 Å². The number of aryl methyl sites for hydroxylation is 1. The maximum Gasteiger partial charge on any atom is 0.244 e. The van der Waals surface area contributed by atoms with Crippen LogP contribution in [0.15, 0.2) is 18.5 Å². The number of hydrogen-bond acceptors (Lipinski definition) is 3. The average Bonchev–Trinajstić information content (AvgIpc) is 2.89. The number of carbonyl (C=O) groups excluding carboxylic acids is 1. The van der Waals surface area contributed by atoms with E-state index in [9.17, 15) is 4.79 Å². The third-order valence-corrected chi connectivity index (χ3v) is 2.51. The molecule has 1 heterocycles. The van der Waals surface area contributed by atoms with Gasteiger partial charge in [-0.3, -0.25) is 9.78 Å². The van der Waals surface area contributed by atoms with Crippen LogP contribution in [-0.2, 0) is 4.79 Å². The van der Waals surface area contributed by atoms with Gasteiger partial charge in [0.05, 0.1) is 5.54 Å². The van der Waals surface area contributed by atoms with E-state index in [4.69, 9.17) is 5.73 Å². The smallest absolute Gasteiger partial charge is 0.244 e. The number of rotatable bonds is 2. The van der Waals surface area contributed by atoms with Gasteiger partial charge in [0, 0.05) is 18.1 Å². The SMILES string of the molecule is Cc1cnccc1NC(=O)C1(N)CC1. The number of carbonyl (C=O) groups is 1. The molecular weight excluding hydrogens is 178 g/mol. The van der Waals surface area contributed by atoms with Crippen molar-refractivity contribution in [1.29, 1.82) is 0 Å². The molecule has 2 rings (SSSR count). The van der Waals surface area contributed by atoms with Crippen LogP contribution >= 0.6 is 0 Å². The zero-order valence-electron chi connectivity index (χ0n) is 8.08. The maximum atomic E-state index is 11.6. The zero-order chi connectivity index (χ0) is 10.2. The monoisotopic (exact) mass is 191 g/mol. The van der Waals surface area contributed by atoms with Gasteiger partial charge in [0.15, 0.2) is 0 Å². The molecule has 0 saturated heterocycles. The summed E-state index contributed by atoms with van der Waals surface area (Å²) >= 11 is 0. The Morgan fingerprint density at radius 2 is 2.36 bits per heavy atom. The predicted octanol–water partition coefficient (Wildman–Crippen LogP) is 0.820. The summed E-state index contributed by atoms with van der Waals surface area (Å²) in [5, 5.41) is 2.81. The first-order valence-corrected chi connectivity index (χ1v) is 4.63. The fourth-order valence-electron chi connectivity index (χ4n) is 1.22. The van der Waals surface area contributed by atoms with Crippen LogP contribution in [0.1, 0.15) is 18.4 Å². The Hall–Kier alpha value is -1.42. The van der Waals surface area contributed by atoms with Crippen molar-refractivity contribution in [2.75, 3.05) is 5.32 Å². The summed E-state index contributed by atoms with van der Waals surface area (Å²) in [6, 6.07) is 1.78. The Kier molecular flexibility index (Phi) is 2.00. The zero-order valence-corrected chi connectivity index (χ0v) is 8.08. The van der Waals surface area contributed by atoms with Gasteiger partial charge in [-0.05, 0) is 31.4 Å². The summed E-state index contributed by atoms with van der Waals surface area (Å²) < 4.78 is 0. The van der Waals surface area contributed by atoms with Gasteiger partial charge in [0.1, 0.15) is 0 Å². The van der Waals surface area contributed by atoms with E-state index in [1.54, 1.807) is 18.5 Å². The fourth-order valence-corrected chi connectivity index (χ4v) is 1.22. The predicted molar refractivity (Wildman–Crippen MR) is 53.8 cm³/mol. The molecule has 3 N–H and O–H groups in total. The van der Waals surface area contributed by atoms with Crippen LogP contribution < -0.4 is 11.1 Å². The minimum Gasteiger partial charge on any atom is -0.324 e. The lowest BCUT2D eigenvalue weighted by molar-refractivity contribution is -0.118. The highest BCUT2D eigenvalue weighted by atomic mass is 16.2. The molecule has 1 fully saturated rings. The van der Waals surface area contributed by atoms with Crippen molar-refractivity contribution in [2.24, 2.45) is 5.73 Å². The van der Waals surface area contributed by atoms with Gasteiger partial charge in [-0.25, -0.2) is 0 Å². The molecule has 14 heavy (non-hydrogen) atoms. The molecular formula is C10H13N3O. The number of anilines is 1. The summed E-state index contributed by atoms with van der Waals surface area (Å²) in [7, 11) is 0. The number of nitrogens with zero attached hydrogens (tertiary/aromatic N) is 1. The van der Waals surface area contributed by atoms with Crippen molar-refractivity contribution in [2.45, 2.75) is 25.3 Å². The number of aromatic nitrogens is 1. The van der Waals surface area contributed by atoms with E-state index < -0.39 is 5.54 Å². The summed E-state index contributed by atoms with van der Waals surface area (Å²) in [6.45, 7) is 1.90. The van der Waals surface area contributed by atoms with Gasteiger partial charge in [-0.2, -0.15) is 0 Å². The average molecular weight is 191 g/mol. The van der Waals surface area contributed by atoms with Crippen molar-refractivity contribution in [1.82, 2.24) is 4.98 Å². The minimum absolute atomic E-state index is 0.0909. The summed E-state index contributed by atoms with van der Waals surface area (Å²) in [5.41, 5.74) is 6.89. The van der Waals surface area contributed by atoms with Gasteiger partial charge in [0.2, 0.25) is 5.91 Å². The number of amides is 1. The van der Waals surface area contributed by atoms with Gasteiger partial charge in [0.25, 0.3) is 0 Å². The van der Waals surface area contributed by atoms with Gasteiger partial charge in [-0.1, -0.05) is 0 Å². The van der Waals surface area contributed by atoms with Crippen molar-refractivity contribution < 1.29 is 4.79 Å². The molecule has 0 spiro atoms. The first-order valence-electron chi connectivity index (χ1n) is 4.63. The normalized spacial score (nSPS) is 17.6. The highest BCUT2D eigenvalue weighted by Gasteiger charge is 2.45. The largest absolute Gasteiger partial charge is 0.324 e. The molecule has 0 bridgehead atoms. The lowest BCUT2D eigenvalue weighted by Crippen LogP contribution is -2.37. The number of pyridine rings is 1. The first kappa shape index (κ1) is 9.15. The molecule has 4 nitrogen and oxygen atoms in total. The maximum absolute atomic E-state index is 11.6. The summed E-state index contributed by atoms with van der Waals surface area (Å²) in [6.07, 6.45) is 4.93. The molecule has 0 atom stereocenters. The molecule has 1 saturated carbocycles. The molecule has 0 unspecified atom stereocenters. The topological polar surface area (TPSA) is 68.0 Å². The Balaban J connectivity index is 2.11. The molecule has 1 amide bonds. The fraction of sp³-hybridized carbons (Fsp3) is 0.400.